The van der Waals surface area contributed by atoms with Crippen molar-refractivity contribution < 1.29 is 36.9 Å². The summed E-state index contributed by atoms with van der Waals surface area (Å²) in [4.78, 5) is 11.1. The molecule has 0 aromatic heterocycles. The number of methoxy groups -OCH3 is 1. The first kappa shape index (κ1) is 25.8. The largest absolute Gasteiger partial charge is 0.469 e. The van der Waals surface area contributed by atoms with E-state index in [9.17, 15) is 23.1 Å². The van der Waals surface area contributed by atoms with Crippen molar-refractivity contribution in [1.82, 2.24) is 0 Å². The molecule has 7 atom stereocenters. The maximum atomic E-state index is 15.0. The van der Waals surface area contributed by atoms with Crippen molar-refractivity contribution >= 4 is 5.97 Å². The number of carbonyl (C=O) groups excluding carboxylic acids is 1. The molecule has 8 heteroatoms. The lowest BCUT2D eigenvalue weighted by Gasteiger charge is -2.35. The average Bonchev–Trinajstić information content (AvgIpc) is 3.26. The minimum Gasteiger partial charge on any atom is -0.469 e. The lowest BCUT2D eigenvalue weighted by atomic mass is 9.78. The molecule has 31 heavy (non-hydrogen) atoms. The first-order chi connectivity index (χ1) is 14.5. The second kappa shape index (κ2) is 10.9. The molecule has 0 amide bonds. The van der Waals surface area contributed by atoms with Gasteiger partial charge < -0.3 is 14.6 Å². The molecular formula is C23H34F4O4. The summed E-state index contributed by atoms with van der Waals surface area (Å²) < 4.78 is 66.2. The Labute approximate surface area is 181 Å². The number of alkyl halides is 4. The minimum atomic E-state index is -4.54. The summed E-state index contributed by atoms with van der Waals surface area (Å²) in [6.45, 7) is 2.85. The number of esters is 1. The smallest absolute Gasteiger partial charge is 0.397 e. The third-order valence-electron chi connectivity index (χ3n) is 6.68. The number of hydrogen-bond donors (Lipinski definition) is 1. The van der Waals surface area contributed by atoms with Gasteiger partial charge in [-0.3, -0.25) is 4.79 Å². The Morgan fingerprint density at radius 1 is 1.29 bits per heavy atom. The number of rotatable bonds is 10. The Kier molecular flexibility index (Phi) is 9.13. The van der Waals surface area contributed by atoms with Gasteiger partial charge in [-0.2, -0.15) is 13.2 Å². The molecule has 0 spiro atoms. The van der Waals surface area contributed by atoms with Crippen LogP contribution in [-0.2, 0) is 14.3 Å². The van der Waals surface area contributed by atoms with Gasteiger partial charge in [-0.05, 0) is 38.5 Å². The molecule has 4 nitrogen and oxygen atoms in total. The Hall–Kier alpha value is -1.41. The summed E-state index contributed by atoms with van der Waals surface area (Å²) in [6.07, 6.45) is 0.118. The lowest BCUT2D eigenvalue weighted by Crippen LogP contribution is -2.44. The number of carbonyl (C=O) groups is 1. The molecule has 2 rings (SSSR count). The van der Waals surface area contributed by atoms with Gasteiger partial charge in [-0.1, -0.05) is 44.1 Å². The van der Waals surface area contributed by atoms with Crippen molar-refractivity contribution in [1.29, 1.82) is 0 Å². The molecule has 2 fully saturated rings. The molecule has 1 unspecified atom stereocenters. The quantitative estimate of drug-likeness (QED) is 0.279. The lowest BCUT2D eigenvalue weighted by molar-refractivity contribution is -0.244. The topological polar surface area (TPSA) is 55.8 Å². The van der Waals surface area contributed by atoms with Crippen LogP contribution < -0.4 is 0 Å². The van der Waals surface area contributed by atoms with Crippen LogP contribution in [-0.4, -0.2) is 48.8 Å². The second-order valence-electron chi connectivity index (χ2n) is 8.79. The van der Waals surface area contributed by atoms with E-state index in [1.165, 1.54) is 13.2 Å². The fraction of sp³-hybridized carbons (Fsp3) is 0.783. The fourth-order valence-corrected chi connectivity index (χ4v) is 4.48. The van der Waals surface area contributed by atoms with Crippen LogP contribution in [0, 0.1) is 17.3 Å². The summed E-state index contributed by atoms with van der Waals surface area (Å²) in [6, 6.07) is 0. The monoisotopic (exact) mass is 450 g/mol. The highest BCUT2D eigenvalue weighted by Crippen LogP contribution is 2.48. The van der Waals surface area contributed by atoms with Crippen molar-refractivity contribution in [2.75, 3.05) is 7.11 Å². The number of fused-ring (bicyclic) bond motifs is 1. The molecule has 0 bridgehead atoms. The molecule has 1 saturated carbocycles. The van der Waals surface area contributed by atoms with Crippen LogP contribution in [0.3, 0.4) is 0 Å². The van der Waals surface area contributed by atoms with Gasteiger partial charge in [0.15, 0.2) is 0 Å². The van der Waals surface area contributed by atoms with Gasteiger partial charge in [0.25, 0.3) is 0 Å². The number of ether oxygens (including phenoxy) is 2. The highest BCUT2D eigenvalue weighted by Gasteiger charge is 2.55. The number of hydrogen-bond acceptors (Lipinski definition) is 4. The normalized spacial score (nSPS) is 31.8. The molecular weight excluding hydrogens is 416 g/mol. The molecule has 178 valence electrons. The summed E-state index contributed by atoms with van der Waals surface area (Å²) in [7, 11) is 1.30. The zero-order valence-electron chi connectivity index (χ0n) is 18.4. The van der Waals surface area contributed by atoms with E-state index in [0.29, 0.717) is 32.1 Å². The van der Waals surface area contributed by atoms with Gasteiger partial charge in [-0.25, -0.2) is 4.39 Å². The molecule has 2 aliphatic rings. The van der Waals surface area contributed by atoms with Crippen molar-refractivity contribution in [3.8, 4) is 0 Å². The van der Waals surface area contributed by atoms with E-state index in [1.807, 2.05) is 0 Å². The standard InChI is InChI=1S/C23H34F4O4/c1-4-5-14-22(2,23(25,26)27)18(28)13-11-15-10-12-16-20(15)21(24)17(31-16)8-6-7-9-19(29)30-3/h6,8,11,13,15-18,20-21,28H,4-5,7,9-10,12,14H2,1-3H3/t15-,16-,17-,18-,20-,21-,22?/m1/s1. The van der Waals surface area contributed by atoms with E-state index in [-0.39, 0.29) is 30.8 Å². The highest BCUT2D eigenvalue weighted by molar-refractivity contribution is 5.69. The third-order valence-corrected chi connectivity index (χ3v) is 6.68. The molecule has 0 aromatic carbocycles. The van der Waals surface area contributed by atoms with Crippen molar-refractivity contribution in [3.05, 3.63) is 24.3 Å². The predicted molar refractivity (Wildman–Crippen MR) is 109 cm³/mol. The van der Waals surface area contributed by atoms with Crippen molar-refractivity contribution in [2.24, 2.45) is 17.3 Å². The van der Waals surface area contributed by atoms with Crippen molar-refractivity contribution in [2.45, 2.75) is 89.5 Å². The van der Waals surface area contributed by atoms with Gasteiger partial charge in [0.1, 0.15) is 12.3 Å². The van der Waals surface area contributed by atoms with Crippen LogP contribution in [0.4, 0.5) is 17.6 Å². The van der Waals surface area contributed by atoms with Gasteiger partial charge >= 0.3 is 12.1 Å². The number of allylic oxidation sites excluding steroid dienone is 2. The van der Waals surface area contributed by atoms with Crippen LogP contribution in [0.1, 0.15) is 58.8 Å². The minimum absolute atomic E-state index is 0.164. The molecule has 1 aliphatic carbocycles. The van der Waals surface area contributed by atoms with Crippen LogP contribution in [0.15, 0.2) is 24.3 Å². The first-order valence-electron chi connectivity index (χ1n) is 11.0. The Bertz CT molecular complexity index is 648. The summed E-state index contributed by atoms with van der Waals surface area (Å²) in [5.74, 6) is -1.09. The summed E-state index contributed by atoms with van der Waals surface area (Å²) in [5.41, 5.74) is -2.23. The zero-order valence-corrected chi connectivity index (χ0v) is 18.4. The SMILES string of the molecule is CCCCC(C)([C@H](O)C=C[C@H]1CC[C@H]2O[C@H](C=CCCC(=O)OC)[C@@H](F)[C@H]12)C(F)(F)F. The van der Waals surface area contributed by atoms with Gasteiger partial charge in [0.2, 0.25) is 0 Å². The molecule has 1 aliphatic heterocycles. The molecule has 1 saturated heterocycles. The van der Waals surface area contributed by atoms with Crippen LogP contribution in [0.5, 0.6) is 0 Å². The predicted octanol–water partition coefficient (Wildman–Crippen LogP) is 5.30. The van der Waals surface area contributed by atoms with Crippen LogP contribution in [0.25, 0.3) is 0 Å². The summed E-state index contributed by atoms with van der Waals surface area (Å²) in [5, 5.41) is 10.4. The average molecular weight is 451 g/mol. The maximum Gasteiger partial charge on any atom is 0.397 e. The van der Waals surface area contributed by atoms with E-state index in [0.717, 1.165) is 6.92 Å². The fourth-order valence-electron chi connectivity index (χ4n) is 4.48. The van der Waals surface area contributed by atoms with Gasteiger partial charge in [0, 0.05) is 12.3 Å². The van der Waals surface area contributed by atoms with E-state index >= 15 is 4.39 Å². The highest BCUT2D eigenvalue weighted by atomic mass is 19.4. The number of halogens is 4. The van der Waals surface area contributed by atoms with Gasteiger partial charge in [-0.15, -0.1) is 0 Å². The second-order valence-corrected chi connectivity index (χ2v) is 8.79. The van der Waals surface area contributed by atoms with E-state index in [4.69, 9.17) is 4.74 Å². The number of aliphatic hydroxyl groups excluding tert-OH is 1. The summed E-state index contributed by atoms with van der Waals surface area (Å²) >= 11 is 0. The van der Waals surface area contributed by atoms with Gasteiger partial charge in [0.05, 0.1) is 24.7 Å². The van der Waals surface area contributed by atoms with E-state index in [2.05, 4.69) is 4.74 Å². The molecule has 0 aromatic rings. The Balaban J connectivity index is 2.01. The number of aliphatic hydroxyl groups is 1. The third kappa shape index (κ3) is 6.09. The molecule has 0 radical (unpaired) electrons. The van der Waals surface area contributed by atoms with E-state index in [1.54, 1.807) is 25.2 Å². The molecule has 1 heterocycles. The van der Waals surface area contributed by atoms with E-state index < -0.39 is 35.9 Å². The maximum absolute atomic E-state index is 15.0. The Morgan fingerprint density at radius 2 is 2.00 bits per heavy atom. The Morgan fingerprint density at radius 3 is 2.61 bits per heavy atom. The number of unbranched alkanes of at least 4 members (excludes halogenated alkanes) is 1. The first-order valence-corrected chi connectivity index (χ1v) is 11.0. The van der Waals surface area contributed by atoms with Crippen molar-refractivity contribution in [3.63, 3.8) is 0 Å². The van der Waals surface area contributed by atoms with Crippen LogP contribution in [0.2, 0.25) is 0 Å². The zero-order chi connectivity index (χ0) is 23.2. The molecule has 1 N–H and O–H groups in total. The van der Waals surface area contributed by atoms with Crippen LogP contribution >= 0.6 is 0 Å².